The van der Waals surface area contributed by atoms with Crippen molar-refractivity contribution in [3.05, 3.63) is 114 Å². The zero-order valence-electron chi connectivity index (χ0n) is 21.7. The number of rotatable bonds is 5. The molecule has 0 spiro atoms. The molecule has 5 rings (SSSR count). The lowest BCUT2D eigenvalue weighted by Gasteiger charge is -2.22. The van der Waals surface area contributed by atoms with Crippen LogP contribution in [0.5, 0.6) is 0 Å². The van der Waals surface area contributed by atoms with E-state index in [0.29, 0.717) is 16.8 Å². The summed E-state index contributed by atoms with van der Waals surface area (Å²) >= 11 is 0. The van der Waals surface area contributed by atoms with Gasteiger partial charge in [-0.25, -0.2) is 9.59 Å². The van der Waals surface area contributed by atoms with E-state index in [1.165, 1.54) is 0 Å². The smallest absolute Gasteiger partial charge is 0.412 e. The maximum Gasteiger partial charge on any atom is 0.412 e. The third kappa shape index (κ3) is 5.37. The fourth-order valence-corrected chi connectivity index (χ4v) is 4.57. The fourth-order valence-electron chi connectivity index (χ4n) is 4.57. The van der Waals surface area contributed by atoms with E-state index in [1.807, 2.05) is 118 Å². The fraction of sp³-hybridized carbons (Fsp3) is 0.152. The average Bonchev–Trinajstić information content (AvgIpc) is 2.90. The highest BCUT2D eigenvalue weighted by molar-refractivity contribution is 6.16. The molecule has 0 bridgehead atoms. The second-order valence-corrected chi connectivity index (χ2v) is 10.1. The van der Waals surface area contributed by atoms with Gasteiger partial charge in [0.1, 0.15) is 12.2 Å². The number of esters is 1. The van der Waals surface area contributed by atoms with Crippen LogP contribution in [0.1, 0.15) is 36.7 Å². The Morgan fingerprint density at radius 2 is 1.26 bits per heavy atom. The monoisotopic (exact) mass is 503 g/mol. The summed E-state index contributed by atoms with van der Waals surface area (Å²) in [5.74, 6) is -0.439. The van der Waals surface area contributed by atoms with Crippen molar-refractivity contribution in [1.29, 1.82) is 0 Å². The van der Waals surface area contributed by atoms with Gasteiger partial charge in [-0.15, -0.1) is 0 Å². The number of ether oxygens (including phenoxy) is 2. The molecule has 0 aromatic heterocycles. The van der Waals surface area contributed by atoms with Crippen molar-refractivity contribution < 1.29 is 19.1 Å². The van der Waals surface area contributed by atoms with Crippen LogP contribution >= 0.6 is 0 Å². The minimum Gasteiger partial charge on any atom is -0.457 e. The highest BCUT2D eigenvalue weighted by Gasteiger charge is 2.24. The molecule has 0 saturated carbocycles. The van der Waals surface area contributed by atoms with E-state index >= 15 is 0 Å². The van der Waals surface area contributed by atoms with E-state index in [1.54, 1.807) is 6.07 Å². The number of hydrogen-bond donors (Lipinski definition) is 1. The van der Waals surface area contributed by atoms with Gasteiger partial charge in [-0.2, -0.15) is 0 Å². The zero-order chi connectivity index (χ0) is 26.7. The first kappa shape index (κ1) is 25.0. The molecule has 0 saturated heterocycles. The lowest BCUT2D eigenvalue weighted by atomic mass is 9.89. The number of benzene rings is 5. The summed E-state index contributed by atoms with van der Waals surface area (Å²) in [6.45, 7) is 5.61. The van der Waals surface area contributed by atoms with Gasteiger partial charge in [0.05, 0.1) is 11.3 Å². The van der Waals surface area contributed by atoms with E-state index in [4.69, 9.17) is 9.47 Å². The highest BCUT2D eigenvalue weighted by atomic mass is 16.6. The van der Waals surface area contributed by atoms with Crippen molar-refractivity contribution >= 4 is 39.3 Å². The zero-order valence-corrected chi connectivity index (χ0v) is 21.7. The minimum absolute atomic E-state index is 0.157. The van der Waals surface area contributed by atoms with Crippen molar-refractivity contribution in [3.63, 3.8) is 0 Å². The molecular formula is C33H29NO4. The Hall–Kier alpha value is -4.64. The molecule has 5 heteroatoms. The number of carbonyl (C=O) groups is 2. The summed E-state index contributed by atoms with van der Waals surface area (Å²) in [6.07, 6.45) is -0.567. The minimum atomic E-state index is -0.660. The number of carbonyl (C=O) groups excluding carboxylic acids is 2. The maximum atomic E-state index is 13.6. The van der Waals surface area contributed by atoms with Gasteiger partial charge < -0.3 is 9.47 Å². The Morgan fingerprint density at radius 3 is 1.92 bits per heavy atom. The molecule has 0 aliphatic rings. The van der Waals surface area contributed by atoms with E-state index in [2.05, 4.69) is 5.32 Å². The van der Waals surface area contributed by atoms with Gasteiger partial charge in [0, 0.05) is 11.1 Å². The first-order chi connectivity index (χ1) is 18.3. The third-order valence-corrected chi connectivity index (χ3v) is 6.18. The Balaban J connectivity index is 1.69. The van der Waals surface area contributed by atoms with Crippen LogP contribution in [0.25, 0.3) is 32.7 Å². The number of anilines is 1. The van der Waals surface area contributed by atoms with Crippen LogP contribution in [0.3, 0.4) is 0 Å². The van der Waals surface area contributed by atoms with E-state index < -0.39 is 17.7 Å². The van der Waals surface area contributed by atoms with Crippen LogP contribution in [0.15, 0.2) is 103 Å². The van der Waals surface area contributed by atoms with Crippen LogP contribution in [0, 0.1) is 0 Å². The Labute approximate surface area is 222 Å². The Morgan fingerprint density at radius 1 is 0.684 bits per heavy atom. The van der Waals surface area contributed by atoms with Gasteiger partial charge in [0.2, 0.25) is 0 Å². The quantitative estimate of drug-likeness (QED) is 0.245. The summed E-state index contributed by atoms with van der Waals surface area (Å²) in [4.78, 5) is 26.4. The molecule has 190 valence electrons. The van der Waals surface area contributed by atoms with Gasteiger partial charge in [-0.3, -0.25) is 5.32 Å². The molecule has 5 aromatic rings. The second-order valence-electron chi connectivity index (χ2n) is 10.1. The molecule has 5 aromatic carbocycles. The summed E-state index contributed by atoms with van der Waals surface area (Å²) in [5.41, 5.74) is 2.64. The third-order valence-electron chi connectivity index (χ3n) is 6.18. The molecule has 1 amide bonds. The molecule has 0 fully saturated rings. The molecule has 0 heterocycles. The molecular weight excluding hydrogens is 474 g/mol. The van der Waals surface area contributed by atoms with E-state index in [-0.39, 0.29) is 6.61 Å². The number of amides is 1. The van der Waals surface area contributed by atoms with Crippen molar-refractivity contribution in [3.8, 4) is 11.1 Å². The average molecular weight is 504 g/mol. The molecule has 0 aliphatic heterocycles. The Bertz CT molecular complexity index is 1630. The first-order valence-corrected chi connectivity index (χ1v) is 12.5. The van der Waals surface area contributed by atoms with Crippen LogP contribution in [-0.2, 0) is 16.1 Å². The molecule has 1 N–H and O–H groups in total. The standard InChI is InChI=1S/C33H29NO4/c1-33(2,3)38-32(36)34-28-20-18-24-14-8-10-16-26(24)30(28)29-25-15-9-7-13-23(25)17-19-27(29)31(35)37-21-22-11-5-4-6-12-22/h4-20H,21H2,1-3H3,(H,34,36). The SMILES string of the molecule is CC(C)(C)OC(=O)Nc1ccc2ccccc2c1-c1c(C(=O)OCc2ccccc2)ccc2ccccc12. The van der Waals surface area contributed by atoms with Crippen LogP contribution in [-0.4, -0.2) is 17.7 Å². The van der Waals surface area contributed by atoms with Crippen LogP contribution in [0.4, 0.5) is 10.5 Å². The van der Waals surface area contributed by atoms with Gasteiger partial charge in [-0.1, -0.05) is 91.0 Å². The van der Waals surface area contributed by atoms with Gasteiger partial charge in [0.15, 0.2) is 0 Å². The molecule has 0 radical (unpaired) electrons. The molecule has 0 unspecified atom stereocenters. The molecule has 38 heavy (non-hydrogen) atoms. The van der Waals surface area contributed by atoms with Crippen LogP contribution in [0.2, 0.25) is 0 Å². The number of nitrogens with one attached hydrogen (secondary N) is 1. The largest absolute Gasteiger partial charge is 0.457 e. The predicted molar refractivity (Wildman–Crippen MR) is 152 cm³/mol. The van der Waals surface area contributed by atoms with Gasteiger partial charge in [-0.05, 0) is 60.0 Å². The first-order valence-electron chi connectivity index (χ1n) is 12.5. The summed E-state index contributed by atoms with van der Waals surface area (Å²) in [6, 6.07) is 32.9. The normalized spacial score (nSPS) is 11.3. The number of hydrogen-bond acceptors (Lipinski definition) is 4. The summed E-state index contributed by atoms with van der Waals surface area (Å²) in [7, 11) is 0. The van der Waals surface area contributed by atoms with Crippen molar-refractivity contribution in [2.75, 3.05) is 5.32 Å². The summed E-state index contributed by atoms with van der Waals surface area (Å²) < 4.78 is 11.3. The van der Waals surface area contributed by atoms with E-state index in [0.717, 1.165) is 32.7 Å². The topological polar surface area (TPSA) is 64.6 Å². The Kier molecular flexibility index (Phi) is 6.84. The summed E-state index contributed by atoms with van der Waals surface area (Å²) in [5, 5.41) is 6.66. The predicted octanol–water partition coefficient (Wildman–Crippen LogP) is 8.36. The lowest BCUT2D eigenvalue weighted by Crippen LogP contribution is -2.27. The number of fused-ring (bicyclic) bond motifs is 2. The van der Waals surface area contributed by atoms with Crippen molar-refractivity contribution in [2.45, 2.75) is 33.0 Å². The van der Waals surface area contributed by atoms with Crippen LogP contribution < -0.4 is 5.32 Å². The van der Waals surface area contributed by atoms with Crippen molar-refractivity contribution in [1.82, 2.24) is 0 Å². The second kappa shape index (κ2) is 10.4. The van der Waals surface area contributed by atoms with Gasteiger partial charge in [0.25, 0.3) is 0 Å². The molecule has 0 atom stereocenters. The molecule has 5 nitrogen and oxygen atoms in total. The van der Waals surface area contributed by atoms with E-state index in [9.17, 15) is 9.59 Å². The lowest BCUT2D eigenvalue weighted by molar-refractivity contribution is 0.0473. The molecule has 0 aliphatic carbocycles. The maximum absolute atomic E-state index is 13.6. The van der Waals surface area contributed by atoms with Crippen molar-refractivity contribution in [2.24, 2.45) is 0 Å². The van der Waals surface area contributed by atoms with Gasteiger partial charge >= 0.3 is 12.1 Å². The highest BCUT2D eigenvalue weighted by Crippen LogP contribution is 2.42.